The number of allylic oxidation sites excluding steroid dienone is 3. The monoisotopic (exact) mass is 191 g/mol. The van der Waals surface area contributed by atoms with Gasteiger partial charge in [0.1, 0.15) is 0 Å². The number of nitrogens with zero attached hydrogens (tertiary/aromatic N) is 1. The predicted molar refractivity (Wildman–Crippen MR) is 56.4 cm³/mol. The van der Waals surface area contributed by atoms with Crippen LogP contribution in [0.2, 0.25) is 0 Å². The number of hydrogen-bond donors (Lipinski definition) is 0. The highest BCUT2D eigenvalue weighted by Crippen LogP contribution is 2.42. The molecule has 2 nitrogen and oxygen atoms in total. The van der Waals surface area contributed by atoms with Crippen LogP contribution >= 0.6 is 0 Å². The van der Waals surface area contributed by atoms with Gasteiger partial charge in [-0.3, -0.25) is 4.79 Å². The summed E-state index contributed by atoms with van der Waals surface area (Å²) in [4.78, 5) is 13.6. The second kappa shape index (κ2) is 2.97. The maximum Gasteiger partial charge on any atom is 0.230 e. The molecular weight excluding hydrogens is 174 g/mol. The van der Waals surface area contributed by atoms with Crippen molar-refractivity contribution in [2.75, 3.05) is 7.05 Å². The van der Waals surface area contributed by atoms with Gasteiger partial charge in [0, 0.05) is 19.2 Å². The van der Waals surface area contributed by atoms with Crippen LogP contribution in [0, 0.1) is 17.3 Å². The highest BCUT2D eigenvalue weighted by atomic mass is 16.2. The van der Waals surface area contributed by atoms with E-state index in [-0.39, 0.29) is 17.2 Å². The Morgan fingerprint density at radius 3 is 2.93 bits per heavy atom. The summed E-state index contributed by atoms with van der Waals surface area (Å²) in [6, 6.07) is 0. The summed E-state index contributed by atoms with van der Waals surface area (Å²) in [5, 5.41) is 0. The number of carbonyl (C=O) groups is 1. The minimum Gasteiger partial charge on any atom is -0.322 e. The topological polar surface area (TPSA) is 20.3 Å². The summed E-state index contributed by atoms with van der Waals surface area (Å²) < 4.78 is 0. The molecule has 2 atom stereocenters. The third kappa shape index (κ3) is 1.29. The zero-order chi connectivity index (χ0) is 10.3. The first-order valence-electron chi connectivity index (χ1n) is 5.15. The van der Waals surface area contributed by atoms with E-state index in [4.69, 9.17) is 0 Å². The zero-order valence-electron chi connectivity index (χ0n) is 9.03. The van der Waals surface area contributed by atoms with Gasteiger partial charge in [-0.05, 0) is 17.8 Å². The Balaban J connectivity index is 2.37. The normalized spacial score (nSPS) is 34.5. The van der Waals surface area contributed by atoms with Gasteiger partial charge in [0.05, 0.1) is 0 Å². The average molecular weight is 191 g/mol. The first-order chi connectivity index (χ1) is 6.52. The Kier molecular flexibility index (Phi) is 2.02. The van der Waals surface area contributed by atoms with E-state index in [9.17, 15) is 4.79 Å². The Hall–Kier alpha value is -1.05. The van der Waals surface area contributed by atoms with Crippen LogP contribution < -0.4 is 0 Å². The lowest BCUT2D eigenvalue weighted by Crippen LogP contribution is -2.43. The van der Waals surface area contributed by atoms with Crippen molar-refractivity contribution in [1.82, 2.24) is 4.90 Å². The van der Waals surface area contributed by atoms with Crippen molar-refractivity contribution < 1.29 is 4.79 Å². The summed E-state index contributed by atoms with van der Waals surface area (Å²) in [6.07, 6.45) is 9.35. The molecule has 76 valence electrons. The average Bonchev–Trinajstić information content (AvgIpc) is 2.11. The van der Waals surface area contributed by atoms with Crippen molar-refractivity contribution in [2.24, 2.45) is 17.3 Å². The van der Waals surface area contributed by atoms with Gasteiger partial charge < -0.3 is 4.90 Å². The van der Waals surface area contributed by atoms with Gasteiger partial charge in [0.25, 0.3) is 0 Å². The molecule has 1 heterocycles. The molecule has 0 aromatic rings. The molecule has 1 amide bonds. The Bertz CT molecular complexity index is 314. The molecule has 14 heavy (non-hydrogen) atoms. The molecular formula is C12H17NO. The van der Waals surface area contributed by atoms with E-state index in [0.717, 1.165) is 6.42 Å². The second-order valence-corrected chi connectivity index (χ2v) is 4.88. The first kappa shape index (κ1) is 9.50. The van der Waals surface area contributed by atoms with E-state index < -0.39 is 0 Å². The molecule has 0 aromatic heterocycles. The van der Waals surface area contributed by atoms with Crippen molar-refractivity contribution in [3.8, 4) is 0 Å². The third-order valence-electron chi connectivity index (χ3n) is 3.41. The molecule has 2 aliphatic rings. The molecule has 0 spiro atoms. The lowest BCUT2D eigenvalue weighted by atomic mass is 9.66. The minimum absolute atomic E-state index is 0.121. The van der Waals surface area contributed by atoms with Crippen LogP contribution in [-0.4, -0.2) is 17.9 Å². The zero-order valence-corrected chi connectivity index (χ0v) is 9.03. The smallest absolute Gasteiger partial charge is 0.230 e. The fourth-order valence-electron chi connectivity index (χ4n) is 2.49. The van der Waals surface area contributed by atoms with Gasteiger partial charge in [0.15, 0.2) is 0 Å². The number of fused-ring (bicyclic) bond motifs is 1. The van der Waals surface area contributed by atoms with E-state index in [2.05, 4.69) is 32.1 Å². The molecule has 1 aliphatic heterocycles. The van der Waals surface area contributed by atoms with Crippen molar-refractivity contribution in [2.45, 2.75) is 20.3 Å². The van der Waals surface area contributed by atoms with E-state index >= 15 is 0 Å². The van der Waals surface area contributed by atoms with Gasteiger partial charge >= 0.3 is 0 Å². The van der Waals surface area contributed by atoms with Gasteiger partial charge in [-0.25, -0.2) is 0 Å². The number of hydrogen-bond acceptors (Lipinski definition) is 1. The highest BCUT2D eigenvalue weighted by molar-refractivity contribution is 5.81. The Morgan fingerprint density at radius 2 is 2.21 bits per heavy atom. The minimum atomic E-state index is 0.121. The fourth-order valence-corrected chi connectivity index (χ4v) is 2.49. The van der Waals surface area contributed by atoms with Crippen molar-refractivity contribution in [3.63, 3.8) is 0 Å². The Morgan fingerprint density at radius 1 is 1.50 bits per heavy atom. The second-order valence-electron chi connectivity index (χ2n) is 4.88. The molecule has 0 saturated carbocycles. The summed E-state index contributed by atoms with van der Waals surface area (Å²) in [5.74, 6) is 0.788. The SMILES string of the molecule is CN1C=C[C@H]2[C@@H](CC=CC2(C)C)C1=O. The van der Waals surface area contributed by atoms with E-state index in [1.807, 2.05) is 13.2 Å². The summed E-state index contributed by atoms with van der Waals surface area (Å²) in [7, 11) is 1.83. The van der Waals surface area contributed by atoms with Crippen molar-refractivity contribution in [3.05, 3.63) is 24.4 Å². The molecule has 2 rings (SSSR count). The van der Waals surface area contributed by atoms with Crippen LogP contribution in [0.25, 0.3) is 0 Å². The lowest BCUT2D eigenvalue weighted by Gasteiger charge is -2.41. The molecule has 0 fully saturated rings. The molecule has 0 bridgehead atoms. The molecule has 0 radical (unpaired) electrons. The molecule has 2 heteroatoms. The molecule has 0 saturated heterocycles. The lowest BCUT2D eigenvalue weighted by molar-refractivity contribution is -0.135. The summed E-state index contributed by atoms with van der Waals surface area (Å²) in [6.45, 7) is 4.40. The number of amides is 1. The highest BCUT2D eigenvalue weighted by Gasteiger charge is 2.40. The maximum absolute atomic E-state index is 11.9. The van der Waals surface area contributed by atoms with E-state index in [1.165, 1.54) is 0 Å². The summed E-state index contributed by atoms with van der Waals surface area (Å²) in [5.41, 5.74) is 0.121. The van der Waals surface area contributed by atoms with Crippen molar-refractivity contribution >= 4 is 5.91 Å². The van der Waals surface area contributed by atoms with Crippen molar-refractivity contribution in [1.29, 1.82) is 0 Å². The van der Waals surface area contributed by atoms with Crippen LogP contribution in [0.5, 0.6) is 0 Å². The molecule has 0 N–H and O–H groups in total. The van der Waals surface area contributed by atoms with Crippen LogP contribution in [0.15, 0.2) is 24.4 Å². The van der Waals surface area contributed by atoms with Crippen LogP contribution in [0.3, 0.4) is 0 Å². The predicted octanol–water partition coefficient (Wildman–Crippen LogP) is 2.19. The summed E-state index contributed by atoms with van der Waals surface area (Å²) >= 11 is 0. The van der Waals surface area contributed by atoms with Crippen LogP contribution in [-0.2, 0) is 4.79 Å². The van der Waals surface area contributed by atoms with Gasteiger partial charge in [0.2, 0.25) is 5.91 Å². The fraction of sp³-hybridized carbons (Fsp3) is 0.583. The largest absolute Gasteiger partial charge is 0.322 e. The van der Waals surface area contributed by atoms with Crippen LogP contribution in [0.1, 0.15) is 20.3 Å². The van der Waals surface area contributed by atoms with Gasteiger partial charge in [-0.15, -0.1) is 0 Å². The quantitative estimate of drug-likeness (QED) is 0.537. The molecule has 0 unspecified atom stereocenters. The maximum atomic E-state index is 11.9. The van der Waals surface area contributed by atoms with Gasteiger partial charge in [-0.2, -0.15) is 0 Å². The third-order valence-corrected chi connectivity index (χ3v) is 3.41. The molecule has 0 aromatic carbocycles. The molecule has 1 aliphatic carbocycles. The number of carbonyl (C=O) groups excluding carboxylic acids is 1. The number of rotatable bonds is 0. The Labute approximate surface area is 85.3 Å². The van der Waals surface area contributed by atoms with Gasteiger partial charge in [-0.1, -0.05) is 32.1 Å². The van der Waals surface area contributed by atoms with Crippen LogP contribution in [0.4, 0.5) is 0 Å². The van der Waals surface area contributed by atoms with E-state index in [1.54, 1.807) is 4.90 Å². The first-order valence-corrected chi connectivity index (χ1v) is 5.15. The van der Waals surface area contributed by atoms with E-state index in [0.29, 0.717) is 5.92 Å². The standard InChI is InChI=1S/C12H17NO/c1-12(2)7-4-5-9-10(12)6-8-13(3)11(9)14/h4,6-10H,5H2,1-3H3/t9-,10+/m1/s1.